The van der Waals surface area contributed by atoms with Gasteiger partial charge in [-0.25, -0.2) is 8.78 Å². The van der Waals surface area contributed by atoms with Crippen LogP contribution in [-0.4, -0.2) is 5.91 Å². The largest absolute Gasteiger partial charge is 0.396 e. The van der Waals surface area contributed by atoms with Crippen molar-refractivity contribution in [1.82, 2.24) is 0 Å². The van der Waals surface area contributed by atoms with E-state index in [2.05, 4.69) is 21.2 Å². The van der Waals surface area contributed by atoms with Crippen molar-refractivity contribution in [3.8, 4) is 0 Å². The van der Waals surface area contributed by atoms with E-state index >= 15 is 0 Å². The zero-order chi connectivity index (χ0) is 14.9. The van der Waals surface area contributed by atoms with Gasteiger partial charge in [0.05, 0.1) is 16.9 Å². The van der Waals surface area contributed by atoms with Crippen molar-refractivity contribution in [1.29, 1.82) is 0 Å². The third kappa shape index (κ3) is 2.72. The second-order valence-electron chi connectivity index (χ2n) is 4.00. The molecule has 0 aliphatic heterocycles. The Morgan fingerprint density at radius 3 is 2.35 bits per heavy atom. The van der Waals surface area contributed by atoms with Crippen LogP contribution in [0.3, 0.4) is 0 Å². The number of amides is 1. The Labute approximate surface area is 121 Å². The fourth-order valence-corrected chi connectivity index (χ4v) is 2.09. The Morgan fingerprint density at radius 1 is 1.20 bits per heavy atom. The number of anilines is 3. The van der Waals surface area contributed by atoms with Gasteiger partial charge in [-0.05, 0) is 24.3 Å². The van der Waals surface area contributed by atoms with Gasteiger partial charge in [0, 0.05) is 4.47 Å². The lowest BCUT2D eigenvalue weighted by atomic mass is 10.1. The monoisotopic (exact) mass is 341 g/mol. The lowest BCUT2D eigenvalue weighted by Gasteiger charge is -2.13. The number of carbonyl (C=O) groups excluding carboxylic acids is 1. The van der Waals surface area contributed by atoms with Crippen LogP contribution in [0.2, 0.25) is 0 Å². The van der Waals surface area contributed by atoms with E-state index in [1.54, 1.807) is 0 Å². The summed E-state index contributed by atoms with van der Waals surface area (Å²) in [7, 11) is 0. The predicted molar refractivity (Wildman–Crippen MR) is 76.7 cm³/mol. The van der Waals surface area contributed by atoms with Gasteiger partial charge >= 0.3 is 0 Å². The minimum Gasteiger partial charge on any atom is -0.396 e. The number of hydrogen-bond donors (Lipinski definition) is 3. The summed E-state index contributed by atoms with van der Waals surface area (Å²) in [6, 6.07) is 6.65. The molecular weight excluding hydrogens is 332 g/mol. The standard InChI is InChI=1S/C13H10BrF2N3O/c14-6-4-8(15)12(9(16)5-6)19-10-3-1-2-7(11(10)17)13(18)20/h1-5,19H,17H2,(H2,18,20). The summed E-state index contributed by atoms with van der Waals surface area (Å²) in [5.74, 6) is -2.30. The molecule has 0 fully saturated rings. The van der Waals surface area contributed by atoms with Gasteiger partial charge in [-0.2, -0.15) is 0 Å². The van der Waals surface area contributed by atoms with E-state index in [0.717, 1.165) is 12.1 Å². The minimum atomic E-state index is -0.791. The highest BCUT2D eigenvalue weighted by molar-refractivity contribution is 9.10. The molecule has 0 spiro atoms. The highest BCUT2D eigenvalue weighted by atomic mass is 79.9. The van der Waals surface area contributed by atoms with Gasteiger partial charge in [0.2, 0.25) is 0 Å². The molecule has 0 unspecified atom stereocenters. The molecule has 104 valence electrons. The van der Waals surface area contributed by atoms with Crippen molar-refractivity contribution in [2.45, 2.75) is 0 Å². The van der Waals surface area contributed by atoms with Crippen LogP contribution in [0, 0.1) is 11.6 Å². The molecule has 2 aromatic carbocycles. The molecule has 0 aromatic heterocycles. The van der Waals surface area contributed by atoms with Crippen molar-refractivity contribution in [2.24, 2.45) is 5.73 Å². The van der Waals surface area contributed by atoms with Gasteiger partial charge in [0.25, 0.3) is 5.91 Å². The summed E-state index contributed by atoms with van der Waals surface area (Å²) in [5.41, 5.74) is 10.8. The average Bonchev–Trinajstić information content (AvgIpc) is 2.35. The Hall–Kier alpha value is -2.15. The first-order chi connectivity index (χ1) is 9.40. The number of nitrogen functional groups attached to an aromatic ring is 1. The number of carbonyl (C=O) groups is 1. The number of nitrogens with one attached hydrogen (secondary N) is 1. The summed E-state index contributed by atoms with van der Waals surface area (Å²) in [6.45, 7) is 0. The number of benzene rings is 2. The third-order valence-electron chi connectivity index (χ3n) is 2.64. The first-order valence-electron chi connectivity index (χ1n) is 5.50. The SMILES string of the molecule is NC(=O)c1cccc(Nc2c(F)cc(Br)cc2F)c1N. The van der Waals surface area contributed by atoms with Crippen LogP contribution in [0.15, 0.2) is 34.8 Å². The van der Waals surface area contributed by atoms with Crippen molar-refractivity contribution in [2.75, 3.05) is 11.1 Å². The number of para-hydroxylation sites is 1. The summed E-state index contributed by atoms with van der Waals surface area (Å²) >= 11 is 2.98. The Bertz CT molecular complexity index is 668. The highest BCUT2D eigenvalue weighted by Gasteiger charge is 2.14. The normalized spacial score (nSPS) is 10.3. The van der Waals surface area contributed by atoms with Crippen LogP contribution < -0.4 is 16.8 Å². The highest BCUT2D eigenvalue weighted by Crippen LogP contribution is 2.30. The van der Waals surface area contributed by atoms with Gasteiger partial charge in [0.15, 0.2) is 11.6 Å². The maximum absolute atomic E-state index is 13.7. The number of rotatable bonds is 3. The third-order valence-corrected chi connectivity index (χ3v) is 3.10. The topological polar surface area (TPSA) is 81.1 Å². The molecule has 2 aromatic rings. The molecule has 7 heteroatoms. The average molecular weight is 342 g/mol. The quantitative estimate of drug-likeness (QED) is 0.750. The van der Waals surface area contributed by atoms with E-state index in [1.165, 1.54) is 18.2 Å². The van der Waals surface area contributed by atoms with Gasteiger partial charge in [0.1, 0.15) is 5.69 Å². The van der Waals surface area contributed by atoms with Crippen molar-refractivity contribution < 1.29 is 13.6 Å². The van der Waals surface area contributed by atoms with Crippen LogP contribution in [0.5, 0.6) is 0 Å². The fraction of sp³-hybridized carbons (Fsp3) is 0. The molecule has 0 aliphatic carbocycles. The zero-order valence-corrected chi connectivity index (χ0v) is 11.7. The Morgan fingerprint density at radius 2 is 1.80 bits per heavy atom. The molecule has 0 saturated heterocycles. The van der Waals surface area contributed by atoms with Gasteiger partial charge in [-0.1, -0.05) is 22.0 Å². The fourth-order valence-electron chi connectivity index (χ4n) is 1.69. The summed E-state index contributed by atoms with van der Waals surface area (Å²) in [5, 5.41) is 2.53. The first-order valence-corrected chi connectivity index (χ1v) is 6.29. The van der Waals surface area contributed by atoms with Crippen molar-refractivity contribution >= 4 is 38.9 Å². The first kappa shape index (κ1) is 14.3. The number of hydrogen-bond acceptors (Lipinski definition) is 3. The Balaban J connectivity index is 2.46. The molecule has 2 rings (SSSR count). The van der Waals surface area contributed by atoms with E-state index in [-0.39, 0.29) is 27.1 Å². The molecule has 4 nitrogen and oxygen atoms in total. The van der Waals surface area contributed by atoms with Gasteiger partial charge < -0.3 is 16.8 Å². The molecule has 20 heavy (non-hydrogen) atoms. The molecule has 0 radical (unpaired) electrons. The van der Waals surface area contributed by atoms with Crippen molar-refractivity contribution in [3.63, 3.8) is 0 Å². The smallest absolute Gasteiger partial charge is 0.250 e. The maximum atomic E-state index is 13.7. The zero-order valence-electron chi connectivity index (χ0n) is 10.1. The summed E-state index contributed by atoms with van der Waals surface area (Å²) in [6.07, 6.45) is 0. The van der Waals surface area contributed by atoms with Crippen LogP contribution in [0.25, 0.3) is 0 Å². The molecule has 0 aliphatic rings. The van der Waals surface area contributed by atoms with Gasteiger partial charge in [-0.15, -0.1) is 0 Å². The van der Waals surface area contributed by atoms with Crippen LogP contribution in [0.4, 0.5) is 25.8 Å². The molecule has 0 bridgehead atoms. The minimum absolute atomic E-state index is 0.0294. The lowest BCUT2D eigenvalue weighted by Crippen LogP contribution is -2.14. The molecule has 1 amide bonds. The molecule has 0 heterocycles. The van der Waals surface area contributed by atoms with E-state index in [4.69, 9.17) is 11.5 Å². The van der Waals surface area contributed by atoms with Gasteiger partial charge in [-0.3, -0.25) is 4.79 Å². The van der Waals surface area contributed by atoms with E-state index in [9.17, 15) is 13.6 Å². The second-order valence-corrected chi connectivity index (χ2v) is 4.92. The van der Waals surface area contributed by atoms with Crippen LogP contribution >= 0.6 is 15.9 Å². The summed E-state index contributed by atoms with van der Waals surface area (Å²) < 4.78 is 27.7. The van der Waals surface area contributed by atoms with Crippen LogP contribution in [-0.2, 0) is 0 Å². The molecule has 0 saturated carbocycles. The van der Waals surface area contributed by atoms with Crippen LogP contribution in [0.1, 0.15) is 10.4 Å². The van der Waals surface area contributed by atoms with E-state index in [1.807, 2.05) is 0 Å². The van der Waals surface area contributed by atoms with Crippen molar-refractivity contribution in [3.05, 3.63) is 52.0 Å². The number of primary amides is 1. The Kier molecular flexibility index (Phi) is 3.89. The molecular formula is C13H10BrF2N3O. The molecule has 5 N–H and O–H groups in total. The maximum Gasteiger partial charge on any atom is 0.250 e. The predicted octanol–water partition coefficient (Wildman–Crippen LogP) is 3.15. The number of nitrogens with two attached hydrogens (primary N) is 2. The molecule has 0 atom stereocenters. The van der Waals surface area contributed by atoms with E-state index < -0.39 is 17.5 Å². The number of halogens is 3. The second kappa shape index (κ2) is 5.46. The van der Waals surface area contributed by atoms with E-state index in [0.29, 0.717) is 0 Å². The summed E-state index contributed by atoms with van der Waals surface area (Å²) in [4.78, 5) is 11.2. The lowest BCUT2D eigenvalue weighted by molar-refractivity contribution is 0.100.